The molecule has 0 radical (unpaired) electrons. The summed E-state index contributed by atoms with van der Waals surface area (Å²) in [7, 11) is 1.97. The molecule has 3 nitrogen and oxygen atoms in total. The van der Waals surface area contributed by atoms with Crippen LogP contribution in [0, 0.1) is 17.2 Å². The van der Waals surface area contributed by atoms with Crippen molar-refractivity contribution in [3.63, 3.8) is 0 Å². The molecule has 68 valence electrons. The van der Waals surface area contributed by atoms with Crippen LogP contribution in [0.5, 0.6) is 0 Å². The van der Waals surface area contributed by atoms with Crippen LogP contribution < -0.4 is 5.32 Å². The second kappa shape index (κ2) is 5.13. The van der Waals surface area contributed by atoms with E-state index < -0.39 is 0 Å². The van der Waals surface area contributed by atoms with Gasteiger partial charge in [0.2, 0.25) is 0 Å². The molecule has 1 N–H and O–H groups in total. The lowest BCUT2D eigenvalue weighted by Gasteiger charge is -2.28. The Hall–Kier alpha value is -0.590. The zero-order valence-corrected chi connectivity index (χ0v) is 7.71. The Kier molecular flexibility index (Phi) is 4.06. The van der Waals surface area contributed by atoms with Gasteiger partial charge in [-0.15, -0.1) is 0 Å². The largest absolute Gasteiger partial charge is 0.318 e. The summed E-state index contributed by atoms with van der Waals surface area (Å²) in [6.07, 6.45) is 2.11. The summed E-state index contributed by atoms with van der Waals surface area (Å²) in [4.78, 5) is 2.42. The highest BCUT2D eigenvalue weighted by Crippen LogP contribution is 2.14. The number of nitrogens with zero attached hydrogens (tertiary/aromatic N) is 2. The molecule has 0 aromatic carbocycles. The molecule has 1 fully saturated rings. The molecule has 0 saturated carbocycles. The summed E-state index contributed by atoms with van der Waals surface area (Å²) in [6, 6.07) is 2.34. The summed E-state index contributed by atoms with van der Waals surface area (Å²) >= 11 is 0. The van der Waals surface area contributed by atoms with E-state index in [4.69, 9.17) is 5.26 Å². The van der Waals surface area contributed by atoms with E-state index in [1.165, 1.54) is 0 Å². The van der Waals surface area contributed by atoms with Crippen molar-refractivity contribution in [1.82, 2.24) is 10.2 Å². The Morgan fingerprint density at radius 3 is 2.67 bits per heavy atom. The summed E-state index contributed by atoms with van der Waals surface area (Å²) < 4.78 is 0. The number of nitrogens with one attached hydrogen (secondary N) is 1. The van der Waals surface area contributed by atoms with E-state index in [0.717, 1.165) is 39.0 Å². The van der Waals surface area contributed by atoms with E-state index in [9.17, 15) is 0 Å². The number of likely N-dealkylation sites (tertiary alicyclic amines) is 1. The van der Waals surface area contributed by atoms with E-state index in [1.54, 1.807) is 0 Å². The van der Waals surface area contributed by atoms with Crippen LogP contribution in [0.4, 0.5) is 0 Å². The SMILES string of the molecule is CNCCN1CCC(C#N)CC1. The van der Waals surface area contributed by atoms with E-state index in [0.29, 0.717) is 5.92 Å². The Labute approximate surface area is 74.4 Å². The monoisotopic (exact) mass is 167 g/mol. The molecule has 0 aliphatic carbocycles. The molecule has 1 aliphatic rings. The highest BCUT2D eigenvalue weighted by atomic mass is 15.1. The molecular formula is C9H17N3. The van der Waals surface area contributed by atoms with Gasteiger partial charge in [-0.25, -0.2) is 0 Å². The fourth-order valence-corrected chi connectivity index (χ4v) is 1.56. The standard InChI is InChI=1S/C9H17N3/c1-11-4-7-12-5-2-9(8-10)3-6-12/h9,11H,2-7H2,1H3. The molecule has 1 saturated heterocycles. The van der Waals surface area contributed by atoms with Gasteiger partial charge in [-0.05, 0) is 33.0 Å². The summed E-state index contributed by atoms with van der Waals surface area (Å²) in [6.45, 7) is 4.37. The van der Waals surface area contributed by atoms with Crippen LogP contribution in [-0.4, -0.2) is 38.1 Å². The maximum Gasteiger partial charge on any atom is 0.0656 e. The number of rotatable bonds is 3. The van der Waals surface area contributed by atoms with Gasteiger partial charge in [-0.3, -0.25) is 0 Å². The van der Waals surface area contributed by atoms with E-state index >= 15 is 0 Å². The predicted octanol–water partition coefficient (Wildman–Crippen LogP) is 0.441. The third kappa shape index (κ3) is 2.80. The van der Waals surface area contributed by atoms with Gasteiger partial charge in [0.15, 0.2) is 0 Å². The lowest BCUT2D eigenvalue weighted by molar-refractivity contribution is 0.207. The molecule has 0 aromatic heterocycles. The van der Waals surface area contributed by atoms with Gasteiger partial charge in [0, 0.05) is 19.0 Å². The van der Waals surface area contributed by atoms with Gasteiger partial charge in [-0.1, -0.05) is 0 Å². The van der Waals surface area contributed by atoms with Gasteiger partial charge in [0.25, 0.3) is 0 Å². The number of likely N-dealkylation sites (N-methyl/N-ethyl adjacent to an activating group) is 1. The highest BCUT2D eigenvalue weighted by Gasteiger charge is 2.17. The van der Waals surface area contributed by atoms with Crippen molar-refractivity contribution in [2.45, 2.75) is 12.8 Å². The Balaban J connectivity index is 2.14. The summed E-state index contributed by atoms with van der Waals surface area (Å²) in [5.41, 5.74) is 0. The Bertz CT molecular complexity index is 154. The van der Waals surface area contributed by atoms with E-state index in [-0.39, 0.29) is 0 Å². The Morgan fingerprint density at radius 2 is 2.17 bits per heavy atom. The molecular weight excluding hydrogens is 150 g/mol. The first kappa shape index (κ1) is 9.50. The molecule has 0 bridgehead atoms. The normalized spacial score (nSPS) is 20.7. The minimum atomic E-state index is 0.316. The molecule has 0 spiro atoms. The van der Waals surface area contributed by atoms with Crippen LogP contribution in [-0.2, 0) is 0 Å². The van der Waals surface area contributed by atoms with Gasteiger partial charge in [0.1, 0.15) is 0 Å². The van der Waals surface area contributed by atoms with Crippen LogP contribution in [0.25, 0.3) is 0 Å². The van der Waals surface area contributed by atoms with Crippen molar-refractivity contribution in [1.29, 1.82) is 5.26 Å². The molecule has 3 heteroatoms. The van der Waals surface area contributed by atoms with Crippen molar-refractivity contribution >= 4 is 0 Å². The fourth-order valence-electron chi connectivity index (χ4n) is 1.56. The first-order valence-corrected chi connectivity index (χ1v) is 4.63. The van der Waals surface area contributed by atoms with Gasteiger partial charge < -0.3 is 10.2 Å². The fraction of sp³-hybridized carbons (Fsp3) is 0.889. The lowest BCUT2D eigenvalue weighted by Crippen LogP contribution is -2.37. The predicted molar refractivity (Wildman–Crippen MR) is 48.7 cm³/mol. The van der Waals surface area contributed by atoms with Crippen LogP contribution in [0.15, 0.2) is 0 Å². The zero-order valence-electron chi connectivity index (χ0n) is 7.71. The first-order valence-electron chi connectivity index (χ1n) is 4.63. The van der Waals surface area contributed by atoms with Gasteiger partial charge >= 0.3 is 0 Å². The zero-order chi connectivity index (χ0) is 8.81. The quantitative estimate of drug-likeness (QED) is 0.663. The molecule has 0 amide bonds. The summed E-state index contributed by atoms with van der Waals surface area (Å²) in [5, 5.41) is 11.8. The van der Waals surface area contributed by atoms with Crippen LogP contribution in [0.1, 0.15) is 12.8 Å². The van der Waals surface area contributed by atoms with Crippen molar-refractivity contribution in [3.8, 4) is 6.07 Å². The molecule has 1 heterocycles. The maximum absolute atomic E-state index is 8.67. The molecule has 1 rings (SSSR count). The van der Waals surface area contributed by atoms with Crippen LogP contribution >= 0.6 is 0 Å². The Morgan fingerprint density at radius 1 is 1.50 bits per heavy atom. The molecule has 0 aromatic rings. The molecule has 0 atom stereocenters. The third-order valence-corrected chi connectivity index (χ3v) is 2.45. The van der Waals surface area contributed by atoms with Crippen molar-refractivity contribution in [2.24, 2.45) is 5.92 Å². The van der Waals surface area contributed by atoms with Crippen molar-refractivity contribution in [3.05, 3.63) is 0 Å². The van der Waals surface area contributed by atoms with Crippen LogP contribution in [0.3, 0.4) is 0 Å². The van der Waals surface area contributed by atoms with Crippen molar-refractivity contribution < 1.29 is 0 Å². The average molecular weight is 167 g/mol. The maximum atomic E-state index is 8.67. The minimum absolute atomic E-state index is 0.316. The van der Waals surface area contributed by atoms with Crippen molar-refractivity contribution in [2.75, 3.05) is 33.2 Å². The van der Waals surface area contributed by atoms with Crippen LogP contribution in [0.2, 0.25) is 0 Å². The topological polar surface area (TPSA) is 39.1 Å². The smallest absolute Gasteiger partial charge is 0.0656 e. The number of piperidine rings is 1. The third-order valence-electron chi connectivity index (χ3n) is 2.45. The first-order chi connectivity index (χ1) is 5.86. The lowest BCUT2D eigenvalue weighted by atomic mass is 9.99. The highest BCUT2D eigenvalue weighted by molar-refractivity contribution is 4.87. The summed E-state index contributed by atoms with van der Waals surface area (Å²) in [5.74, 6) is 0.316. The van der Waals surface area contributed by atoms with Gasteiger partial charge in [0.05, 0.1) is 6.07 Å². The average Bonchev–Trinajstić information content (AvgIpc) is 2.15. The second-order valence-corrected chi connectivity index (χ2v) is 3.35. The second-order valence-electron chi connectivity index (χ2n) is 3.35. The minimum Gasteiger partial charge on any atom is -0.318 e. The van der Waals surface area contributed by atoms with E-state index in [1.807, 2.05) is 7.05 Å². The molecule has 0 unspecified atom stereocenters. The van der Waals surface area contributed by atoms with Gasteiger partial charge in [-0.2, -0.15) is 5.26 Å². The molecule has 1 aliphatic heterocycles. The number of nitriles is 1. The number of hydrogen-bond donors (Lipinski definition) is 1. The molecule has 12 heavy (non-hydrogen) atoms. The number of hydrogen-bond acceptors (Lipinski definition) is 3. The van der Waals surface area contributed by atoms with E-state index in [2.05, 4.69) is 16.3 Å².